The molecular formula is C17H19NO4. The summed E-state index contributed by atoms with van der Waals surface area (Å²) in [5, 5.41) is 13.0. The molecule has 116 valence electrons. The van der Waals surface area contributed by atoms with Gasteiger partial charge in [0.05, 0.1) is 17.9 Å². The Morgan fingerprint density at radius 1 is 1.27 bits per heavy atom. The topological polar surface area (TPSA) is 79.5 Å². The first-order valence-electron chi connectivity index (χ1n) is 7.50. The lowest BCUT2D eigenvalue weighted by atomic mass is 9.73. The zero-order valence-corrected chi connectivity index (χ0v) is 12.6. The first-order chi connectivity index (χ1) is 10.5. The van der Waals surface area contributed by atoms with Crippen molar-refractivity contribution < 1.29 is 19.1 Å². The van der Waals surface area contributed by atoms with E-state index in [9.17, 15) is 9.59 Å². The Hall–Kier alpha value is -2.30. The molecule has 2 N–H and O–H groups in total. The van der Waals surface area contributed by atoms with E-state index in [2.05, 4.69) is 5.32 Å². The highest BCUT2D eigenvalue weighted by molar-refractivity contribution is 5.87. The van der Waals surface area contributed by atoms with Crippen LogP contribution in [0.4, 0.5) is 0 Å². The molecule has 3 atom stereocenters. The van der Waals surface area contributed by atoms with E-state index in [4.69, 9.17) is 9.52 Å². The maximum atomic E-state index is 12.2. The lowest BCUT2D eigenvalue weighted by Gasteiger charge is -2.32. The van der Waals surface area contributed by atoms with Gasteiger partial charge in [-0.15, -0.1) is 0 Å². The molecule has 5 heteroatoms. The average molecular weight is 301 g/mol. The standard InChI is InChI=1S/C17H19NO4/c1-9-11-5-3-4-6-14(11)22-15(9)10(2)18-16(19)12-7-8-13(12)17(20)21/h3-6,10,12-13H,7-8H2,1-2H3,(H,18,19)(H,20,21)/t10-,12?,13?/m0/s1. The minimum Gasteiger partial charge on any atom is -0.481 e. The van der Waals surface area contributed by atoms with E-state index >= 15 is 0 Å². The van der Waals surface area contributed by atoms with Crippen molar-refractivity contribution in [2.45, 2.75) is 32.7 Å². The van der Waals surface area contributed by atoms with Crippen molar-refractivity contribution in [2.75, 3.05) is 0 Å². The number of furan rings is 1. The van der Waals surface area contributed by atoms with Gasteiger partial charge >= 0.3 is 5.97 Å². The van der Waals surface area contributed by atoms with E-state index in [0.717, 1.165) is 22.3 Å². The Balaban J connectivity index is 1.76. The molecule has 1 fully saturated rings. The molecule has 1 aromatic carbocycles. The van der Waals surface area contributed by atoms with Crippen molar-refractivity contribution >= 4 is 22.8 Å². The van der Waals surface area contributed by atoms with Gasteiger partial charge in [0.2, 0.25) is 5.91 Å². The Bertz CT molecular complexity index is 733. The molecule has 22 heavy (non-hydrogen) atoms. The summed E-state index contributed by atoms with van der Waals surface area (Å²) in [6.45, 7) is 3.82. The molecule has 1 saturated carbocycles. The van der Waals surface area contributed by atoms with Crippen LogP contribution in [-0.4, -0.2) is 17.0 Å². The summed E-state index contributed by atoms with van der Waals surface area (Å²) < 4.78 is 5.84. The zero-order chi connectivity index (χ0) is 15.9. The number of carboxylic acid groups (broad SMARTS) is 1. The van der Waals surface area contributed by atoms with Crippen LogP contribution in [-0.2, 0) is 9.59 Å². The minimum absolute atomic E-state index is 0.203. The number of aliphatic carboxylic acids is 1. The highest BCUT2D eigenvalue weighted by Gasteiger charge is 2.41. The molecule has 1 aromatic heterocycles. The quantitative estimate of drug-likeness (QED) is 0.909. The molecule has 0 saturated heterocycles. The van der Waals surface area contributed by atoms with Crippen molar-refractivity contribution in [1.29, 1.82) is 0 Å². The van der Waals surface area contributed by atoms with E-state index in [1.54, 1.807) is 0 Å². The van der Waals surface area contributed by atoms with E-state index in [0.29, 0.717) is 12.8 Å². The van der Waals surface area contributed by atoms with E-state index in [1.807, 2.05) is 38.1 Å². The molecule has 0 spiro atoms. The largest absolute Gasteiger partial charge is 0.481 e. The summed E-state index contributed by atoms with van der Waals surface area (Å²) >= 11 is 0. The van der Waals surface area contributed by atoms with E-state index < -0.39 is 17.8 Å². The second-order valence-corrected chi connectivity index (χ2v) is 5.95. The van der Waals surface area contributed by atoms with Crippen LogP contribution >= 0.6 is 0 Å². The Morgan fingerprint density at radius 3 is 2.55 bits per heavy atom. The predicted molar refractivity (Wildman–Crippen MR) is 81.4 cm³/mol. The molecule has 1 aliphatic carbocycles. The third kappa shape index (κ3) is 2.36. The number of hydrogen-bond donors (Lipinski definition) is 2. The molecule has 3 rings (SSSR count). The van der Waals surface area contributed by atoms with Crippen molar-refractivity contribution in [3.63, 3.8) is 0 Å². The molecule has 2 aromatic rings. The molecule has 1 amide bonds. The number of nitrogens with one attached hydrogen (secondary N) is 1. The number of aryl methyl sites for hydroxylation is 1. The van der Waals surface area contributed by atoms with Gasteiger partial charge in [-0.3, -0.25) is 9.59 Å². The highest BCUT2D eigenvalue weighted by Crippen LogP contribution is 2.35. The molecule has 1 heterocycles. The number of amides is 1. The summed E-state index contributed by atoms with van der Waals surface area (Å²) in [5.74, 6) is -1.35. The number of carbonyl (C=O) groups is 2. The Morgan fingerprint density at radius 2 is 1.95 bits per heavy atom. The first-order valence-corrected chi connectivity index (χ1v) is 7.50. The third-order valence-corrected chi connectivity index (χ3v) is 4.56. The van der Waals surface area contributed by atoms with Gasteiger partial charge in [-0.05, 0) is 32.8 Å². The SMILES string of the molecule is Cc1c([C@H](C)NC(=O)C2CCC2C(=O)O)oc2ccccc12. The Labute approximate surface area is 128 Å². The predicted octanol–water partition coefficient (Wildman–Crippen LogP) is 3.03. The van der Waals surface area contributed by atoms with Crippen molar-refractivity contribution in [3.8, 4) is 0 Å². The first kappa shape index (κ1) is 14.6. The summed E-state index contributed by atoms with van der Waals surface area (Å²) in [6, 6.07) is 7.45. The van der Waals surface area contributed by atoms with E-state index in [-0.39, 0.29) is 11.9 Å². The van der Waals surface area contributed by atoms with Gasteiger partial charge in [0.1, 0.15) is 11.3 Å². The van der Waals surface area contributed by atoms with Crippen LogP contribution in [0, 0.1) is 18.8 Å². The molecular weight excluding hydrogens is 282 g/mol. The number of carbonyl (C=O) groups excluding carboxylic acids is 1. The van der Waals surface area contributed by atoms with Gasteiger partial charge in [0.25, 0.3) is 0 Å². The minimum atomic E-state index is -0.890. The number of carboxylic acids is 1. The van der Waals surface area contributed by atoms with Crippen molar-refractivity contribution in [1.82, 2.24) is 5.32 Å². The lowest BCUT2D eigenvalue weighted by Crippen LogP contribution is -2.44. The van der Waals surface area contributed by atoms with Crippen LogP contribution in [0.1, 0.15) is 37.1 Å². The smallest absolute Gasteiger partial charge is 0.307 e. The Kier molecular flexibility index (Phi) is 3.64. The van der Waals surface area contributed by atoms with Crippen LogP contribution in [0.15, 0.2) is 28.7 Å². The molecule has 1 aliphatic rings. The molecule has 0 aliphatic heterocycles. The number of para-hydroxylation sites is 1. The van der Waals surface area contributed by atoms with Crippen LogP contribution in [0.5, 0.6) is 0 Å². The summed E-state index contributed by atoms with van der Waals surface area (Å²) in [7, 11) is 0. The monoisotopic (exact) mass is 301 g/mol. The van der Waals surface area contributed by atoms with Crippen molar-refractivity contribution in [3.05, 3.63) is 35.6 Å². The fourth-order valence-electron chi connectivity index (χ4n) is 3.10. The summed E-state index contributed by atoms with van der Waals surface area (Å²) in [4.78, 5) is 23.3. The van der Waals surface area contributed by atoms with E-state index in [1.165, 1.54) is 0 Å². The highest BCUT2D eigenvalue weighted by atomic mass is 16.4. The average Bonchev–Trinajstić information content (AvgIpc) is 2.74. The van der Waals surface area contributed by atoms with Gasteiger partial charge in [-0.25, -0.2) is 0 Å². The second kappa shape index (κ2) is 5.48. The number of benzene rings is 1. The fourth-order valence-corrected chi connectivity index (χ4v) is 3.10. The van der Waals surface area contributed by atoms with Crippen LogP contribution in [0.3, 0.4) is 0 Å². The summed E-state index contributed by atoms with van der Waals surface area (Å²) in [6.07, 6.45) is 1.21. The maximum absolute atomic E-state index is 12.2. The van der Waals surface area contributed by atoms with Gasteiger partial charge in [0, 0.05) is 10.9 Å². The number of fused-ring (bicyclic) bond motifs is 1. The molecule has 5 nitrogen and oxygen atoms in total. The van der Waals surface area contributed by atoms with Gasteiger partial charge in [-0.1, -0.05) is 18.2 Å². The molecule has 0 radical (unpaired) electrons. The normalized spacial score (nSPS) is 22.1. The van der Waals surface area contributed by atoms with Gasteiger partial charge in [-0.2, -0.15) is 0 Å². The maximum Gasteiger partial charge on any atom is 0.307 e. The molecule has 0 bridgehead atoms. The number of rotatable bonds is 4. The third-order valence-electron chi connectivity index (χ3n) is 4.56. The van der Waals surface area contributed by atoms with Crippen LogP contribution in [0.2, 0.25) is 0 Å². The van der Waals surface area contributed by atoms with Crippen LogP contribution in [0.25, 0.3) is 11.0 Å². The molecule has 2 unspecified atom stereocenters. The van der Waals surface area contributed by atoms with Crippen molar-refractivity contribution in [2.24, 2.45) is 11.8 Å². The zero-order valence-electron chi connectivity index (χ0n) is 12.6. The fraction of sp³-hybridized carbons (Fsp3) is 0.412. The van der Waals surface area contributed by atoms with Gasteiger partial charge in [0.15, 0.2) is 0 Å². The van der Waals surface area contributed by atoms with Gasteiger partial charge < -0.3 is 14.8 Å². The lowest BCUT2D eigenvalue weighted by molar-refractivity contribution is -0.153. The number of hydrogen-bond acceptors (Lipinski definition) is 3. The summed E-state index contributed by atoms with van der Waals surface area (Å²) in [5.41, 5.74) is 1.80. The van der Waals surface area contributed by atoms with Crippen LogP contribution < -0.4 is 5.32 Å². The second-order valence-electron chi connectivity index (χ2n) is 5.95.